The molecule has 4 rings (SSSR count). The van der Waals surface area contributed by atoms with Crippen LogP contribution in [0.3, 0.4) is 0 Å². The van der Waals surface area contributed by atoms with E-state index in [9.17, 15) is 9.00 Å². The van der Waals surface area contributed by atoms with Crippen LogP contribution < -0.4 is 14.6 Å². The maximum absolute atomic E-state index is 12.9. The Kier molecular flexibility index (Phi) is 6.96. The number of nitrogens with two attached hydrogens (primary N) is 1. The van der Waals surface area contributed by atoms with Crippen molar-refractivity contribution in [3.63, 3.8) is 0 Å². The van der Waals surface area contributed by atoms with E-state index < -0.39 is 15.7 Å². The Bertz CT molecular complexity index is 1220. The second-order valence-corrected chi connectivity index (χ2v) is 9.65. The second kappa shape index (κ2) is 10.1. The molecule has 0 saturated carbocycles. The first-order valence-electron chi connectivity index (χ1n) is 10.8. The normalized spacial score (nSPS) is 18.2. The van der Waals surface area contributed by atoms with Gasteiger partial charge in [-0.3, -0.25) is 9.93 Å². The number of methoxy groups -OCH3 is 1. The van der Waals surface area contributed by atoms with Gasteiger partial charge in [0.2, 0.25) is 0 Å². The summed E-state index contributed by atoms with van der Waals surface area (Å²) < 4.78 is 22.8. The van der Waals surface area contributed by atoms with E-state index in [0.717, 1.165) is 11.1 Å². The first kappa shape index (κ1) is 23.5. The predicted molar refractivity (Wildman–Crippen MR) is 131 cm³/mol. The molecule has 34 heavy (non-hydrogen) atoms. The van der Waals surface area contributed by atoms with Crippen LogP contribution in [0.1, 0.15) is 22.3 Å². The molecular weight excluding hydrogens is 450 g/mol. The summed E-state index contributed by atoms with van der Waals surface area (Å²) in [5.41, 5.74) is 3.14. The Hall–Kier alpha value is -3.67. The van der Waals surface area contributed by atoms with Crippen LogP contribution in [-0.2, 0) is 11.0 Å². The summed E-state index contributed by atoms with van der Waals surface area (Å²) in [4.78, 5) is 14.6. The molecule has 0 aromatic heterocycles. The number of hydrogen-bond donors (Lipinski definition) is 1. The van der Waals surface area contributed by atoms with Crippen LogP contribution in [0.2, 0.25) is 0 Å². The molecule has 8 heteroatoms. The van der Waals surface area contributed by atoms with Crippen LogP contribution in [0.4, 0.5) is 0 Å². The molecule has 3 aromatic carbocycles. The van der Waals surface area contributed by atoms with Crippen molar-refractivity contribution in [2.45, 2.75) is 11.2 Å². The molecular formula is C26H25N3O4S. The van der Waals surface area contributed by atoms with Gasteiger partial charge in [0.1, 0.15) is 33.8 Å². The lowest BCUT2D eigenvalue weighted by molar-refractivity contribution is 0.0786. The number of carbonyl (C=O) groups is 1. The summed E-state index contributed by atoms with van der Waals surface area (Å²) in [5, 5.41) is 14.8. The first-order chi connectivity index (χ1) is 16.4. The summed E-state index contributed by atoms with van der Waals surface area (Å²) in [7, 11) is -0.102. The zero-order chi connectivity index (χ0) is 24.1. The van der Waals surface area contributed by atoms with Crippen LogP contribution in [0.15, 0.2) is 72.8 Å². The maximum atomic E-state index is 12.9. The van der Waals surface area contributed by atoms with E-state index >= 15 is 0 Å². The Labute approximate surface area is 201 Å². The number of rotatable bonds is 7. The van der Waals surface area contributed by atoms with Gasteiger partial charge in [0.25, 0.3) is 5.91 Å². The summed E-state index contributed by atoms with van der Waals surface area (Å²) in [6.07, 6.45) is 0.487. The van der Waals surface area contributed by atoms with Gasteiger partial charge in [-0.15, -0.1) is 0 Å². The van der Waals surface area contributed by atoms with Crippen molar-refractivity contribution in [3.8, 4) is 28.7 Å². The lowest BCUT2D eigenvalue weighted by Crippen LogP contribution is -2.47. The van der Waals surface area contributed by atoms with Gasteiger partial charge in [-0.1, -0.05) is 24.3 Å². The van der Waals surface area contributed by atoms with Crippen molar-refractivity contribution in [1.82, 2.24) is 4.90 Å². The molecule has 1 amide bonds. The molecule has 1 saturated heterocycles. The van der Waals surface area contributed by atoms with Gasteiger partial charge in [-0.05, 0) is 66.1 Å². The lowest BCUT2D eigenvalue weighted by Gasteiger charge is -2.26. The fourth-order valence-electron chi connectivity index (χ4n) is 3.97. The van der Waals surface area contributed by atoms with Gasteiger partial charge in [-0.25, -0.2) is 4.21 Å². The summed E-state index contributed by atoms with van der Waals surface area (Å²) in [6, 6.07) is 23.9. The highest BCUT2D eigenvalue weighted by Crippen LogP contribution is 2.30. The van der Waals surface area contributed by atoms with Crippen LogP contribution in [0.5, 0.6) is 11.5 Å². The maximum Gasteiger partial charge on any atom is 0.253 e. The zero-order valence-electron chi connectivity index (χ0n) is 18.8. The Morgan fingerprint density at radius 3 is 2.18 bits per heavy atom. The molecule has 2 N–H and O–H groups in total. The predicted octanol–water partition coefficient (Wildman–Crippen LogP) is 3.52. The molecule has 1 aliphatic rings. The highest BCUT2D eigenvalue weighted by atomic mass is 32.2. The third-order valence-electron chi connectivity index (χ3n) is 6.07. The highest BCUT2D eigenvalue weighted by molar-refractivity contribution is 7.84. The fourth-order valence-corrected chi connectivity index (χ4v) is 4.72. The molecule has 7 nitrogen and oxygen atoms in total. The Morgan fingerprint density at radius 1 is 1.03 bits per heavy atom. The van der Waals surface area contributed by atoms with Gasteiger partial charge in [0.05, 0.1) is 18.7 Å². The van der Waals surface area contributed by atoms with Crippen molar-refractivity contribution in [1.29, 1.82) is 5.26 Å². The number of amides is 1. The molecule has 0 radical (unpaired) electrons. The number of hydrogen-bond acceptors (Lipinski definition) is 5. The second-order valence-electron chi connectivity index (χ2n) is 8.19. The summed E-state index contributed by atoms with van der Waals surface area (Å²) >= 11 is 0. The van der Waals surface area contributed by atoms with E-state index in [1.54, 1.807) is 48.4 Å². The van der Waals surface area contributed by atoms with Crippen LogP contribution in [-0.4, -0.2) is 46.6 Å². The van der Waals surface area contributed by atoms with Gasteiger partial charge >= 0.3 is 0 Å². The van der Waals surface area contributed by atoms with E-state index in [1.807, 2.05) is 36.4 Å². The zero-order valence-corrected chi connectivity index (χ0v) is 19.6. The van der Waals surface area contributed by atoms with Crippen LogP contribution in [0.25, 0.3) is 11.1 Å². The molecule has 0 bridgehead atoms. The van der Waals surface area contributed by atoms with Gasteiger partial charge < -0.3 is 14.4 Å². The molecule has 1 fully saturated rings. The SMILES string of the molecule is COc1ccc(C(=O)N2CCC(COc3ccc(-c4ccc(C#N)cc4)cc3)(S(N)=O)C2)cc1. The average Bonchev–Trinajstić information content (AvgIpc) is 3.33. The molecule has 0 aliphatic carbocycles. The minimum atomic E-state index is -1.67. The highest BCUT2D eigenvalue weighted by Gasteiger charge is 2.45. The van der Waals surface area contributed by atoms with E-state index in [0.29, 0.717) is 35.6 Å². The summed E-state index contributed by atoms with van der Waals surface area (Å²) in [6.45, 7) is 0.845. The van der Waals surface area contributed by atoms with E-state index in [1.165, 1.54) is 0 Å². The topological polar surface area (TPSA) is 106 Å². The lowest BCUT2D eigenvalue weighted by atomic mass is 10.0. The van der Waals surface area contributed by atoms with Gasteiger partial charge in [0.15, 0.2) is 0 Å². The van der Waals surface area contributed by atoms with E-state index in [2.05, 4.69) is 6.07 Å². The van der Waals surface area contributed by atoms with Crippen molar-refractivity contribution in [3.05, 3.63) is 83.9 Å². The molecule has 2 unspecified atom stereocenters. The molecule has 1 aliphatic heterocycles. The van der Waals surface area contributed by atoms with Crippen LogP contribution in [0, 0.1) is 11.3 Å². The molecule has 174 valence electrons. The van der Waals surface area contributed by atoms with Crippen LogP contribution >= 0.6 is 0 Å². The van der Waals surface area contributed by atoms with Gasteiger partial charge in [-0.2, -0.15) is 5.26 Å². The largest absolute Gasteiger partial charge is 0.497 e. The first-order valence-corrected chi connectivity index (χ1v) is 12.0. The number of nitrogens with zero attached hydrogens (tertiary/aromatic N) is 2. The minimum absolute atomic E-state index is 0.137. The van der Waals surface area contributed by atoms with E-state index in [-0.39, 0.29) is 19.1 Å². The summed E-state index contributed by atoms with van der Waals surface area (Å²) in [5.74, 6) is 1.16. The van der Waals surface area contributed by atoms with E-state index in [4.69, 9.17) is 19.9 Å². The number of ether oxygens (including phenoxy) is 2. The number of likely N-dealkylation sites (tertiary alicyclic amines) is 1. The Morgan fingerprint density at radius 2 is 1.62 bits per heavy atom. The third-order valence-corrected chi connectivity index (χ3v) is 7.38. The fraction of sp³-hybridized carbons (Fsp3) is 0.231. The molecule has 3 aromatic rings. The smallest absolute Gasteiger partial charge is 0.253 e. The third kappa shape index (κ3) is 4.96. The monoisotopic (exact) mass is 475 g/mol. The number of nitriles is 1. The van der Waals surface area contributed by atoms with Gasteiger partial charge in [0, 0.05) is 18.7 Å². The number of benzene rings is 3. The van der Waals surface area contributed by atoms with Crippen molar-refractivity contribution < 1.29 is 18.5 Å². The Balaban J connectivity index is 1.41. The molecule has 1 heterocycles. The molecule has 2 atom stereocenters. The quantitative estimate of drug-likeness (QED) is 0.563. The minimum Gasteiger partial charge on any atom is -0.497 e. The van der Waals surface area contributed by atoms with Crippen molar-refractivity contribution in [2.75, 3.05) is 26.8 Å². The van der Waals surface area contributed by atoms with Crippen molar-refractivity contribution >= 4 is 16.9 Å². The average molecular weight is 476 g/mol. The number of carbonyl (C=O) groups excluding carboxylic acids is 1. The standard InChI is InChI=1S/C26H25N3O4S/c1-32-23-10-8-22(9-11-23)25(30)29-15-14-26(17-29,34(28)31)18-33-24-12-6-21(7-13-24)20-4-2-19(16-27)3-5-20/h2-13H,14-15,17-18,28H2,1H3. The van der Waals surface area contributed by atoms with Crippen molar-refractivity contribution in [2.24, 2.45) is 5.14 Å². The molecule has 0 spiro atoms.